The van der Waals surface area contributed by atoms with Crippen LogP contribution in [0.3, 0.4) is 0 Å². The minimum Gasteiger partial charge on any atom is -0.493 e. The van der Waals surface area contributed by atoms with Crippen LogP contribution < -0.4 is 10.5 Å². The summed E-state index contributed by atoms with van der Waals surface area (Å²) in [5, 5.41) is 7.12. The molecule has 4 rings (SSSR count). The van der Waals surface area contributed by atoms with Gasteiger partial charge in [-0.2, -0.15) is 13.2 Å². The lowest BCUT2D eigenvalue weighted by molar-refractivity contribution is -0.192. The SMILES string of the molecule is CC(C)COc1ccccc1CN1CCC2(CC1)CCN(C(=O)c1ncccc1C(N)=O)C2.O=C(O)C(F)(F)F. The summed E-state index contributed by atoms with van der Waals surface area (Å²) in [5.41, 5.74) is 7.17. The van der Waals surface area contributed by atoms with E-state index in [9.17, 15) is 22.8 Å². The minimum atomic E-state index is -5.08. The van der Waals surface area contributed by atoms with Gasteiger partial charge in [0.15, 0.2) is 0 Å². The molecule has 12 heteroatoms. The topological polar surface area (TPSA) is 126 Å². The van der Waals surface area contributed by atoms with Crippen LogP contribution in [0, 0.1) is 11.3 Å². The number of benzene rings is 1. The zero-order valence-corrected chi connectivity index (χ0v) is 22.6. The molecule has 2 amide bonds. The lowest BCUT2D eigenvalue weighted by atomic mass is 9.77. The number of piperidine rings is 1. The van der Waals surface area contributed by atoms with Crippen LogP contribution >= 0.6 is 0 Å². The number of halogens is 3. The number of rotatable bonds is 7. The maximum Gasteiger partial charge on any atom is 0.490 e. The van der Waals surface area contributed by atoms with Gasteiger partial charge in [0.2, 0.25) is 0 Å². The molecule has 0 unspecified atom stereocenters. The molecule has 2 aromatic rings. The van der Waals surface area contributed by atoms with Crippen molar-refractivity contribution in [3.8, 4) is 5.75 Å². The van der Waals surface area contributed by atoms with Crippen LogP contribution in [0.1, 0.15) is 59.5 Å². The summed E-state index contributed by atoms with van der Waals surface area (Å²) in [6, 6.07) is 11.5. The molecule has 1 aromatic heterocycles. The van der Waals surface area contributed by atoms with E-state index in [4.69, 9.17) is 20.4 Å². The predicted octanol–water partition coefficient (Wildman–Crippen LogP) is 3.98. The fourth-order valence-electron chi connectivity index (χ4n) is 4.90. The Morgan fingerprint density at radius 3 is 2.30 bits per heavy atom. The minimum absolute atomic E-state index is 0.140. The van der Waals surface area contributed by atoms with Gasteiger partial charge < -0.3 is 20.5 Å². The van der Waals surface area contributed by atoms with E-state index >= 15 is 0 Å². The lowest BCUT2D eigenvalue weighted by Gasteiger charge is -2.39. The molecule has 40 heavy (non-hydrogen) atoms. The van der Waals surface area contributed by atoms with Crippen molar-refractivity contribution in [2.45, 2.75) is 45.8 Å². The van der Waals surface area contributed by atoms with Gasteiger partial charge >= 0.3 is 12.1 Å². The predicted molar refractivity (Wildman–Crippen MR) is 141 cm³/mol. The molecule has 9 nitrogen and oxygen atoms in total. The van der Waals surface area contributed by atoms with Gasteiger partial charge in [0, 0.05) is 31.4 Å². The number of likely N-dealkylation sites (tertiary alicyclic amines) is 2. The maximum atomic E-state index is 13.1. The van der Waals surface area contributed by atoms with Crippen LogP contribution in [0.2, 0.25) is 0 Å². The van der Waals surface area contributed by atoms with Gasteiger partial charge in [-0.25, -0.2) is 4.79 Å². The van der Waals surface area contributed by atoms with Crippen LogP contribution in [0.5, 0.6) is 5.75 Å². The number of amides is 2. The van der Waals surface area contributed by atoms with Gasteiger partial charge in [0.05, 0.1) is 12.2 Å². The molecule has 0 saturated carbocycles. The first-order valence-corrected chi connectivity index (χ1v) is 13.1. The van der Waals surface area contributed by atoms with Crippen molar-refractivity contribution >= 4 is 17.8 Å². The van der Waals surface area contributed by atoms with Crippen LogP contribution in [0.25, 0.3) is 0 Å². The van der Waals surface area contributed by atoms with Crippen molar-refractivity contribution in [1.29, 1.82) is 0 Å². The number of aromatic nitrogens is 1. The zero-order valence-electron chi connectivity index (χ0n) is 22.6. The first-order valence-electron chi connectivity index (χ1n) is 13.1. The number of ether oxygens (including phenoxy) is 1. The molecule has 3 heterocycles. The second-order valence-corrected chi connectivity index (χ2v) is 10.6. The third-order valence-electron chi connectivity index (χ3n) is 7.10. The van der Waals surface area contributed by atoms with Crippen molar-refractivity contribution < 1.29 is 37.4 Å². The Bertz CT molecular complexity index is 1200. The molecule has 218 valence electrons. The highest BCUT2D eigenvalue weighted by atomic mass is 19.4. The van der Waals surface area contributed by atoms with E-state index in [0.29, 0.717) is 19.0 Å². The van der Waals surface area contributed by atoms with Gasteiger partial charge in [0.25, 0.3) is 11.8 Å². The molecule has 0 radical (unpaired) electrons. The summed E-state index contributed by atoms with van der Waals surface area (Å²) in [5.74, 6) is -2.10. The number of nitrogens with two attached hydrogens (primary N) is 1. The molecule has 2 fully saturated rings. The molecule has 1 aromatic carbocycles. The third-order valence-corrected chi connectivity index (χ3v) is 7.10. The Labute approximate surface area is 231 Å². The Hall–Kier alpha value is -3.67. The molecular formula is C28H35F3N4O5. The van der Waals surface area contributed by atoms with Crippen molar-refractivity contribution in [3.05, 3.63) is 59.4 Å². The van der Waals surface area contributed by atoms with E-state index in [1.165, 1.54) is 11.8 Å². The summed E-state index contributed by atoms with van der Waals surface area (Å²) in [7, 11) is 0. The van der Waals surface area contributed by atoms with Crippen LogP contribution in [-0.2, 0) is 11.3 Å². The molecule has 2 aliphatic rings. The third kappa shape index (κ3) is 8.17. The number of primary amides is 1. The number of alkyl halides is 3. The second kappa shape index (κ2) is 13.1. The van der Waals surface area contributed by atoms with Crippen molar-refractivity contribution in [2.24, 2.45) is 17.1 Å². The number of carboxylic acids is 1. The number of carboxylic acid groups (broad SMARTS) is 1. The Balaban J connectivity index is 0.000000559. The van der Waals surface area contributed by atoms with Gasteiger partial charge in [-0.1, -0.05) is 32.0 Å². The first-order chi connectivity index (χ1) is 18.8. The monoisotopic (exact) mass is 564 g/mol. The summed E-state index contributed by atoms with van der Waals surface area (Å²) in [4.78, 5) is 42.2. The van der Waals surface area contributed by atoms with Gasteiger partial charge in [-0.05, 0) is 61.9 Å². The average molecular weight is 565 g/mol. The standard InChI is InChI=1S/C26H34N4O3.C2HF3O2/c1-19(2)17-33-22-8-4-3-6-20(22)16-29-13-9-26(10-14-29)11-15-30(18-26)25(32)23-21(24(27)31)7-5-12-28-23;3-2(4,5)1(6)7/h3-8,12,19H,9-11,13-18H2,1-2H3,(H2,27,31);(H,6,7). The fraction of sp³-hybridized carbons (Fsp3) is 0.500. The number of hydrogen-bond acceptors (Lipinski definition) is 6. The van der Waals surface area contributed by atoms with Gasteiger partial charge in [-0.3, -0.25) is 19.5 Å². The smallest absolute Gasteiger partial charge is 0.490 e. The number of carbonyl (C=O) groups excluding carboxylic acids is 2. The molecule has 2 saturated heterocycles. The van der Waals surface area contributed by atoms with E-state index in [1.807, 2.05) is 11.0 Å². The molecule has 0 atom stereocenters. The number of nitrogens with zero attached hydrogens (tertiary/aromatic N) is 3. The fourth-order valence-corrected chi connectivity index (χ4v) is 4.90. The molecule has 0 aliphatic carbocycles. The number of para-hydroxylation sites is 1. The van der Waals surface area contributed by atoms with Crippen LogP contribution in [0.15, 0.2) is 42.6 Å². The second-order valence-electron chi connectivity index (χ2n) is 10.6. The summed E-state index contributed by atoms with van der Waals surface area (Å²) >= 11 is 0. The first kappa shape index (κ1) is 30.9. The quantitative estimate of drug-likeness (QED) is 0.521. The molecule has 0 bridgehead atoms. The Kier molecular flexibility index (Phi) is 10.1. The van der Waals surface area contributed by atoms with Crippen LogP contribution in [-0.4, -0.2) is 76.6 Å². The molecule has 2 aliphatic heterocycles. The maximum absolute atomic E-state index is 13.1. The normalized spacial score (nSPS) is 16.9. The summed E-state index contributed by atoms with van der Waals surface area (Å²) in [6.45, 7) is 9.31. The van der Waals surface area contributed by atoms with Gasteiger partial charge in [0.1, 0.15) is 11.4 Å². The van der Waals surface area contributed by atoms with E-state index in [1.54, 1.807) is 12.1 Å². The highest BCUT2D eigenvalue weighted by molar-refractivity contribution is 6.05. The molecule has 3 N–H and O–H groups in total. The molecular weight excluding hydrogens is 529 g/mol. The van der Waals surface area contributed by atoms with Gasteiger partial charge in [-0.15, -0.1) is 0 Å². The van der Waals surface area contributed by atoms with Crippen molar-refractivity contribution in [3.63, 3.8) is 0 Å². The van der Waals surface area contributed by atoms with Crippen molar-refractivity contribution in [2.75, 3.05) is 32.8 Å². The molecule has 1 spiro atoms. The highest BCUT2D eigenvalue weighted by Gasteiger charge is 2.43. The lowest BCUT2D eigenvalue weighted by Crippen LogP contribution is -2.42. The number of aliphatic carboxylic acids is 1. The Morgan fingerprint density at radius 2 is 1.70 bits per heavy atom. The van der Waals surface area contributed by atoms with Crippen molar-refractivity contribution in [1.82, 2.24) is 14.8 Å². The number of carbonyl (C=O) groups is 3. The van der Waals surface area contributed by atoms with E-state index < -0.39 is 18.1 Å². The zero-order chi connectivity index (χ0) is 29.5. The summed E-state index contributed by atoms with van der Waals surface area (Å²) < 4.78 is 37.8. The van der Waals surface area contributed by atoms with E-state index in [-0.39, 0.29) is 22.6 Å². The number of hydrogen-bond donors (Lipinski definition) is 2. The highest BCUT2D eigenvalue weighted by Crippen LogP contribution is 2.41. The largest absolute Gasteiger partial charge is 0.493 e. The van der Waals surface area contributed by atoms with E-state index in [2.05, 4.69) is 41.9 Å². The van der Waals surface area contributed by atoms with E-state index in [0.717, 1.165) is 51.3 Å². The van der Waals surface area contributed by atoms with Crippen LogP contribution in [0.4, 0.5) is 13.2 Å². The summed E-state index contributed by atoms with van der Waals surface area (Å²) in [6.07, 6.45) is -0.459. The average Bonchev–Trinajstić information content (AvgIpc) is 3.32. The number of pyridine rings is 1. The Morgan fingerprint density at radius 1 is 1.07 bits per heavy atom.